The zero-order valence-corrected chi connectivity index (χ0v) is 16.6. The molecular weight excluding hydrogens is 308 g/mol. The standard InChI is InChI=1S/C21H32N4/c1-11(2)18-13(5)22-23-21(18)17-9-16(17)10-25-14(6)19(12(3)4)20(24-25)15-7-8-15/h11-12,15-17H,7-10H2,1-6H3,(H,22,23). The van der Waals surface area contributed by atoms with Crippen LogP contribution in [0.2, 0.25) is 0 Å². The van der Waals surface area contributed by atoms with Gasteiger partial charge >= 0.3 is 0 Å². The Morgan fingerprint density at radius 3 is 2.32 bits per heavy atom. The maximum absolute atomic E-state index is 5.05. The highest BCUT2D eigenvalue weighted by molar-refractivity contribution is 5.35. The Labute approximate surface area is 151 Å². The molecule has 2 aliphatic carbocycles. The smallest absolute Gasteiger partial charge is 0.0693 e. The molecule has 0 aromatic carbocycles. The number of aromatic nitrogens is 4. The quantitative estimate of drug-likeness (QED) is 0.790. The Bertz CT molecular complexity index is 776. The summed E-state index contributed by atoms with van der Waals surface area (Å²) >= 11 is 0. The lowest BCUT2D eigenvalue weighted by Crippen LogP contribution is -2.06. The number of hydrogen-bond acceptors (Lipinski definition) is 2. The fourth-order valence-corrected chi connectivity index (χ4v) is 4.61. The Kier molecular flexibility index (Phi) is 4.04. The molecule has 0 radical (unpaired) electrons. The average molecular weight is 341 g/mol. The van der Waals surface area contributed by atoms with Gasteiger partial charge in [-0.05, 0) is 62.0 Å². The Hall–Kier alpha value is -1.58. The lowest BCUT2D eigenvalue weighted by Gasteiger charge is -2.09. The van der Waals surface area contributed by atoms with Crippen LogP contribution in [0.15, 0.2) is 0 Å². The van der Waals surface area contributed by atoms with Crippen LogP contribution < -0.4 is 0 Å². The van der Waals surface area contributed by atoms with E-state index in [1.807, 2.05) is 0 Å². The predicted molar refractivity (Wildman–Crippen MR) is 101 cm³/mol. The van der Waals surface area contributed by atoms with Crippen LogP contribution >= 0.6 is 0 Å². The van der Waals surface area contributed by atoms with Gasteiger partial charge in [0.15, 0.2) is 0 Å². The average Bonchev–Trinajstić information content (AvgIpc) is 3.43. The summed E-state index contributed by atoms with van der Waals surface area (Å²) in [4.78, 5) is 0. The van der Waals surface area contributed by atoms with Gasteiger partial charge in [-0.3, -0.25) is 9.78 Å². The summed E-state index contributed by atoms with van der Waals surface area (Å²) in [5, 5.41) is 12.9. The second kappa shape index (κ2) is 6.00. The molecule has 0 amide bonds. The first-order chi connectivity index (χ1) is 11.9. The maximum Gasteiger partial charge on any atom is 0.0693 e. The lowest BCUT2D eigenvalue weighted by molar-refractivity contribution is 0.532. The van der Waals surface area contributed by atoms with Crippen LogP contribution in [0.3, 0.4) is 0 Å². The molecule has 4 heteroatoms. The van der Waals surface area contributed by atoms with Gasteiger partial charge in [-0.2, -0.15) is 10.2 Å². The van der Waals surface area contributed by atoms with Crippen molar-refractivity contribution in [2.45, 2.75) is 91.0 Å². The Balaban J connectivity index is 1.54. The van der Waals surface area contributed by atoms with Crippen molar-refractivity contribution in [2.24, 2.45) is 5.92 Å². The number of nitrogens with one attached hydrogen (secondary N) is 1. The van der Waals surface area contributed by atoms with Gasteiger partial charge in [0.25, 0.3) is 0 Å². The highest BCUT2D eigenvalue weighted by atomic mass is 15.3. The third-order valence-corrected chi connectivity index (χ3v) is 6.11. The van der Waals surface area contributed by atoms with Crippen LogP contribution in [-0.4, -0.2) is 20.0 Å². The van der Waals surface area contributed by atoms with E-state index >= 15 is 0 Å². The van der Waals surface area contributed by atoms with Gasteiger partial charge < -0.3 is 0 Å². The summed E-state index contributed by atoms with van der Waals surface area (Å²) in [5.74, 6) is 3.13. The molecule has 2 aromatic rings. The minimum Gasteiger partial charge on any atom is -0.282 e. The van der Waals surface area contributed by atoms with Gasteiger partial charge in [0.2, 0.25) is 0 Å². The van der Waals surface area contributed by atoms with E-state index in [0.717, 1.165) is 12.5 Å². The first-order valence-electron chi connectivity index (χ1n) is 10.00. The number of aromatic amines is 1. The van der Waals surface area contributed by atoms with Gasteiger partial charge in [-0.25, -0.2) is 0 Å². The summed E-state index contributed by atoms with van der Waals surface area (Å²) in [6, 6.07) is 0. The first kappa shape index (κ1) is 16.9. The molecule has 4 nitrogen and oxygen atoms in total. The molecule has 2 heterocycles. The third kappa shape index (κ3) is 2.94. The molecule has 2 unspecified atom stereocenters. The molecule has 2 saturated carbocycles. The largest absolute Gasteiger partial charge is 0.282 e. The topological polar surface area (TPSA) is 46.5 Å². The van der Waals surface area contributed by atoms with Gasteiger partial charge in [0, 0.05) is 29.8 Å². The van der Waals surface area contributed by atoms with Crippen LogP contribution in [0.5, 0.6) is 0 Å². The van der Waals surface area contributed by atoms with E-state index < -0.39 is 0 Å². The van der Waals surface area contributed by atoms with E-state index in [2.05, 4.69) is 56.4 Å². The molecule has 2 aliphatic rings. The van der Waals surface area contributed by atoms with Gasteiger partial charge in [-0.15, -0.1) is 0 Å². The molecule has 2 aromatic heterocycles. The Morgan fingerprint density at radius 2 is 1.72 bits per heavy atom. The second-order valence-corrected chi connectivity index (χ2v) is 8.90. The van der Waals surface area contributed by atoms with E-state index in [1.165, 1.54) is 53.2 Å². The normalized spacial score (nSPS) is 23.0. The van der Waals surface area contributed by atoms with Crippen molar-refractivity contribution < 1.29 is 0 Å². The predicted octanol–water partition coefficient (Wildman–Crippen LogP) is 5.15. The zero-order valence-electron chi connectivity index (χ0n) is 16.6. The fraction of sp³-hybridized carbons (Fsp3) is 0.714. The number of rotatable bonds is 6. The maximum atomic E-state index is 5.05. The van der Waals surface area contributed by atoms with Crippen LogP contribution in [0.1, 0.15) is 105 Å². The molecule has 0 bridgehead atoms. The van der Waals surface area contributed by atoms with Gasteiger partial charge in [-0.1, -0.05) is 27.7 Å². The van der Waals surface area contributed by atoms with Crippen LogP contribution in [0.25, 0.3) is 0 Å². The summed E-state index contributed by atoms with van der Waals surface area (Å²) in [6.07, 6.45) is 3.90. The van der Waals surface area contributed by atoms with Crippen LogP contribution in [0.4, 0.5) is 0 Å². The highest BCUT2D eigenvalue weighted by Crippen LogP contribution is 2.51. The van der Waals surface area contributed by atoms with Gasteiger partial charge in [0.1, 0.15) is 0 Å². The van der Waals surface area contributed by atoms with E-state index in [1.54, 1.807) is 0 Å². The van der Waals surface area contributed by atoms with Crippen LogP contribution in [-0.2, 0) is 6.54 Å². The van der Waals surface area contributed by atoms with E-state index in [4.69, 9.17) is 5.10 Å². The summed E-state index contributed by atoms with van der Waals surface area (Å²) < 4.78 is 2.31. The van der Waals surface area contributed by atoms with Crippen molar-refractivity contribution in [3.05, 3.63) is 33.9 Å². The minimum atomic E-state index is 0.537. The molecule has 4 rings (SSSR count). The first-order valence-corrected chi connectivity index (χ1v) is 10.00. The van der Waals surface area contributed by atoms with Crippen molar-refractivity contribution >= 4 is 0 Å². The number of nitrogens with zero attached hydrogens (tertiary/aromatic N) is 3. The van der Waals surface area contributed by atoms with Crippen molar-refractivity contribution in [1.82, 2.24) is 20.0 Å². The molecule has 136 valence electrons. The molecule has 0 saturated heterocycles. The van der Waals surface area contributed by atoms with Crippen molar-refractivity contribution in [2.75, 3.05) is 0 Å². The van der Waals surface area contributed by atoms with E-state index in [-0.39, 0.29) is 0 Å². The summed E-state index contributed by atoms with van der Waals surface area (Å²) in [7, 11) is 0. The molecule has 0 aliphatic heterocycles. The van der Waals surface area contributed by atoms with Crippen molar-refractivity contribution in [1.29, 1.82) is 0 Å². The van der Waals surface area contributed by atoms with E-state index in [9.17, 15) is 0 Å². The summed E-state index contributed by atoms with van der Waals surface area (Å²) in [5.41, 5.74) is 8.29. The second-order valence-electron chi connectivity index (χ2n) is 8.90. The molecule has 2 fully saturated rings. The molecule has 0 spiro atoms. The fourth-order valence-electron chi connectivity index (χ4n) is 4.61. The zero-order chi connectivity index (χ0) is 17.9. The van der Waals surface area contributed by atoms with Gasteiger partial charge in [0.05, 0.1) is 11.4 Å². The molecular formula is C21H32N4. The number of hydrogen-bond donors (Lipinski definition) is 1. The SMILES string of the molecule is Cc1[nH]nc(C2CC2Cn2nc(C3CC3)c(C(C)C)c2C)c1C(C)C. The molecule has 25 heavy (non-hydrogen) atoms. The highest BCUT2D eigenvalue weighted by Gasteiger charge is 2.43. The van der Waals surface area contributed by atoms with Crippen molar-refractivity contribution in [3.63, 3.8) is 0 Å². The minimum absolute atomic E-state index is 0.537. The summed E-state index contributed by atoms with van der Waals surface area (Å²) in [6.45, 7) is 14.6. The number of H-pyrrole nitrogens is 1. The van der Waals surface area contributed by atoms with E-state index in [0.29, 0.717) is 23.7 Å². The van der Waals surface area contributed by atoms with Crippen molar-refractivity contribution in [3.8, 4) is 0 Å². The molecule has 1 N–H and O–H groups in total. The lowest BCUT2D eigenvalue weighted by atomic mass is 9.98. The number of aryl methyl sites for hydroxylation is 1. The third-order valence-electron chi connectivity index (χ3n) is 6.11. The monoisotopic (exact) mass is 340 g/mol. The van der Waals surface area contributed by atoms with Crippen LogP contribution in [0, 0.1) is 19.8 Å². The Morgan fingerprint density at radius 1 is 1.04 bits per heavy atom. The molecule has 2 atom stereocenters.